The van der Waals surface area contributed by atoms with Gasteiger partial charge in [0.15, 0.2) is 0 Å². The summed E-state index contributed by atoms with van der Waals surface area (Å²) in [5.74, 6) is -0.433. The van der Waals surface area contributed by atoms with E-state index in [2.05, 4.69) is 15.7 Å². The number of carbonyl (C=O) groups excluding carboxylic acids is 2. The highest BCUT2D eigenvalue weighted by molar-refractivity contribution is 5.97. The summed E-state index contributed by atoms with van der Waals surface area (Å²) in [7, 11) is 0. The zero-order valence-electron chi connectivity index (χ0n) is 18.6. The summed E-state index contributed by atoms with van der Waals surface area (Å²) in [5, 5.41) is 10.6. The van der Waals surface area contributed by atoms with Crippen LogP contribution in [0.1, 0.15) is 47.6 Å². The van der Waals surface area contributed by atoms with E-state index in [9.17, 15) is 9.59 Å². The van der Waals surface area contributed by atoms with Gasteiger partial charge >= 0.3 is 0 Å². The van der Waals surface area contributed by atoms with E-state index in [0.29, 0.717) is 12.1 Å². The van der Waals surface area contributed by atoms with E-state index in [1.165, 1.54) is 0 Å². The molecule has 1 heterocycles. The van der Waals surface area contributed by atoms with Crippen molar-refractivity contribution >= 4 is 11.8 Å². The number of carbonyl (C=O) groups is 2. The van der Waals surface area contributed by atoms with E-state index in [-0.39, 0.29) is 17.7 Å². The summed E-state index contributed by atoms with van der Waals surface area (Å²) >= 11 is 0. The van der Waals surface area contributed by atoms with Crippen molar-refractivity contribution < 1.29 is 9.59 Å². The van der Waals surface area contributed by atoms with Gasteiger partial charge in [-0.3, -0.25) is 9.59 Å². The summed E-state index contributed by atoms with van der Waals surface area (Å²) in [6, 6.07) is 18.3. The maximum atomic E-state index is 13.0. The molecular formula is C25H30N4O2. The largest absolute Gasteiger partial charge is 0.350 e. The van der Waals surface area contributed by atoms with Gasteiger partial charge in [-0.25, -0.2) is 4.68 Å². The lowest BCUT2D eigenvalue weighted by Crippen LogP contribution is -2.50. The average Bonchev–Trinajstić information content (AvgIpc) is 3.09. The molecule has 0 unspecified atom stereocenters. The Kier molecular flexibility index (Phi) is 7.23. The second-order valence-electron chi connectivity index (χ2n) is 7.82. The molecule has 162 valence electrons. The first-order valence-electron chi connectivity index (χ1n) is 10.7. The molecule has 6 nitrogen and oxygen atoms in total. The fourth-order valence-electron chi connectivity index (χ4n) is 3.55. The van der Waals surface area contributed by atoms with Crippen LogP contribution in [-0.2, 0) is 11.3 Å². The Morgan fingerprint density at radius 1 is 1.00 bits per heavy atom. The van der Waals surface area contributed by atoms with E-state index in [1.807, 2.05) is 80.9 Å². The third-order valence-electron chi connectivity index (χ3n) is 5.70. The molecule has 2 N–H and O–H groups in total. The van der Waals surface area contributed by atoms with Gasteiger partial charge in [0, 0.05) is 23.4 Å². The fraction of sp³-hybridized carbons (Fsp3) is 0.320. The van der Waals surface area contributed by atoms with Crippen LogP contribution in [0, 0.1) is 19.8 Å². The molecule has 0 spiro atoms. The Labute approximate surface area is 183 Å². The second-order valence-corrected chi connectivity index (χ2v) is 7.82. The standard InChI is InChI=1S/C25H30N4O2/c1-5-17(2)23(27-24(30)20-12-8-6-9-13-20)25(31)26-16-22-18(3)28-29(19(22)4)21-14-10-7-11-15-21/h6-15,17,23H,5,16H2,1-4H3,(H,26,31)(H,27,30)/t17-,23-/m0/s1. The minimum Gasteiger partial charge on any atom is -0.350 e. The van der Waals surface area contributed by atoms with Gasteiger partial charge in [-0.05, 0) is 44.0 Å². The van der Waals surface area contributed by atoms with Crippen molar-refractivity contribution in [1.29, 1.82) is 0 Å². The van der Waals surface area contributed by atoms with Crippen molar-refractivity contribution in [2.24, 2.45) is 5.92 Å². The topological polar surface area (TPSA) is 76.0 Å². The summed E-state index contributed by atoms with van der Waals surface area (Å²) in [4.78, 5) is 25.6. The van der Waals surface area contributed by atoms with Gasteiger partial charge < -0.3 is 10.6 Å². The number of para-hydroxylation sites is 1. The minimum absolute atomic E-state index is 0.00176. The zero-order valence-corrected chi connectivity index (χ0v) is 18.6. The predicted octanol–water partition coefficient (Wildman–Crippen LogP) is 3.95. The van der Waals surface area contributed by atoms with E-state index in [0.717, 1.165) is 29.1 Å². The lowest BCUT2D eigenvalue weighted by Gasteiger charge is -2.23. The molecule has 2 amide bonds. The van der Waals surface area contributed by atoms with Crippen LogP contribution in [0.3, 0.4) is 0 Å². The van der Waals surface area contributed by atoms with Gasteiger partial charge in [0.2, 0.25) is 5.91 Å². The summed E-state index contributed by atoms with van der Waals surface area (Å²) in [5.41, 5.74) is 4.36. The lowest BCUT2D eigenvalue weighted by molar-refractivity contribution is -0.124. The van der Waals surface area contributed by atoms with Crippen molar-refractivity contribution in [3.05, 3.63) is 83.2 Å². The summed E-state index contributed by atoms with van der Waals surface area (Å²) in [6.45, 7) is 8.28. The molecule has 3 rings (SSSR count). The number of hydrogen-bond donors (Lipinski definition) is 2. The molecular weight excluding hydrogens is 388 g/mol. The normalized spacial score (nSPS) is 12.8. The van der Waals surface area contributed by atoms with E-state index < -0.39 is 6.04 Å². The Morgan fingerprint density at radius 3 is 2.23 bits per heavy atom. The van der Waals surface area contributed by atoms with Crippen LogP contribution in [-0.4, -0.2) is 27.6 Å². The van der Waals surface area contributed by atoms with Gasteiger partial charge in [-0.15, -0.1) is 0 Å². The van der Waals surface area contributed by atoms with Crippen molar-refractivity contribution in [3.8, 4) is 5.69 Å². The molecule has 3 aromatic rings. The fourth-order valence-corrected chi connectivity index (χ4v) is 3.55. The van der Waals surface area contributed by atoms with Crippen LogP contribution in [0.25, 0.3) is 5.69 Å². The van der Waals surface area contributed by atoms with Crippen molar-refractivity contribution in [2.75, 3.05) is 0 Å². The Bertz CT molecular complexity index is 1030. The highest BCUT2D eigenvalue weighted by Crippen LogP contribution is 2.18. The second kappa shape index (κ2) is 10.1. The molecule has 0 aliphatic carbocycles. The first-order valence-corrected chi connectivity index (χ1v) is 10.7. The van der Waals surface area contributed by atoms with Crippen LogP contribution in [0.4, 0.5) is 0 Å². The third kappa shape index (κ3) is 5.20. The van der Waals surface area contributed by atoms with Crippen LogP contribution in [0.5, 0.6) is 0 Å². The zero-order chi connectivity index (χ0) is 22.4. The Morgan fingerprint density at radius 2 is 1.61 bits per heavy atom. The monoisotopic (exact) mass is 418 g/mol. The molecule has 0 radical (unpaired) electrons. The van der Waals surface area contributed by atoms with Gasteiger partial charge in [-0.2, -0.15) is 5.10 Å². The Balaban J connectivity index is 1.73. The molecule has 0 saturated carbocycles. The first kappa shape index (κ1) is 22.3. The molecule has 0 saturated heterocycles. The van der Waals surface area contributed by atoms with Gasteiger partial charge in [0.25, 0.3) is 5.91 Å². The summed E-state index contributed by atoms with van der Waals surface area (Å²) in [6.07, 6.45) is 0.775. The number of aromatic nitrogens is 2. The maximum absolute atomic E-state index is 13.0. The van der Waals surface area contributed by atoms with E-state index >= 15 is 0 Å². The molecule has 0 fully saturated rings. The van der Waals surface area contributed by atoms with Crippen LogP contribution in [0.2, 0.25) is 0 Å². The number of aryl methyl sites for hydroxylation is 1. The van der Waals surface area contributed by atoms with E-state index in [4.69, 9.17) is 0 Å². The van der Waals surface area contributed by atoms with Crippen molar-refractivity contribution in [1.82, 2.24) is 20.4 Å². The molecule has 0 aliphatic rings. The quantitative estimate of drug-likeness (QED) is 0.582. The average molecular weight is 419 g/mol. The molecule has 0 bridgehead atoms. The first-order chi connectivity index (χ1) is 14.9. The van der Waals surface area contributed by atoms with Crippen LogP contribution < -0.4 is 10.6 Å². The smallest absolute Gasteiger partial charge is 0.251 e. The predicted molar refractivity (Wildman–Crippen MR) is 122 cm³/mol. The van der Waals surface area contributed by atoms with Crippen molar-refractivity contribution in [3.63, 3.8) is 0 Å². The lowest BCUT2D eigenvalue weighted by atomic mass is 9.97. The number of benzene rings is 2. The number of nitrogens with one attached hydrogen (secondary N) is 2. The molecule has 2 atom stereocenters. The number of nitrogens with zero attached hydrogens (tertiary/aromatic N) is 2. The van der Waals surface area contributed by atoms with Crippen LogP contribution in [0.15, 0.2) is 60.7 Å². The minimum atomic E-state index is -0.609. The highest BCUT2D eigenvalue weighted by Gasteiger charge is 2.26. The Hall–Kier alpha value is -3.41. The number of hydrogen-bond acceptors (Lipinski definition) is 3. The SMILES string of the molecule is CC[C@H](C)[C@H](NC(=O)c1ccccc1)C(=O)NCc1c(C)nn(-c2ccccc2)c1C. The highest BCUT2D eigenvalue weighted by atomic mass is 16.2. The van der Waals surface area contributed by atoms with E-state index in [1.54, 1.807) is 12.1 Å². The molecule has 1 aromatic heterocycles. The summed E-state index contributed by atoms with van der Waals surface area (Å²) < 4.78 is 1.89. The van der Waals surface area contributed by atoms with Crippen LogP contribution >= 0.6 is 0 Å². The third-order valence-corrected chi connectivity index (χ3v) is 5.70. The number of rotatable bonds is 8. The number of amides is 2. The molecule has 31 heavy (non-hydrogen) atoms. The van der Waals surface area contributed by atoms with Crippen molar-refractivity contribution in [2.45, 2.75) is 46.7 Å². The maximum Gasteiger partial charge on any atom is 0.251 e. The molecule has 2 aromatic carbocycles. The van der Waals surface area contributed by atoms with Gasteiger partial charge in [0.1, 0.15) is 6.04 Å². The molecule has 0 aliphatic heterocycles. The van der Waals surface area contributed by atoms with Gasteiger partial charge in [0.05, 0.1) is 11.4 Å². The van der Waals surface area contributed by atoms with Gasteiger partial charge in [-0.1, -0.05) is 56.7 Å². The molecule has 6 heteroatoms.